The third-order valence-corrected chi connectivity index (χ3v) is 2.85. The highest BCUT2D eigenvalue weighted by Gasteiger charge is 2.16. The Balaban J connectivity index is 2.50. The molecule has 0 atom stereocenters. The molecule has 98 valence electrons. The van der Waals surface area contributed by atoms with E-state index < -0.39 is 18.4 Å². The molecule has 0 bridgehead atoms. The van der Waals surface area contributed by atoms with Gasteiger partial charge in [-0.25, -0.2) is 0 Å². The number of hydrogen-bond acceptors (Lipinski definition) is 4. The number of rotatable bonds is 3. The molecule has 0 aliphatic rings. The first-order valence-corrected chi connectivity index (χ1v) is 5.75. The Morgan fingerprint density at radius 3 is 2.53 bits per heavy atom. The lowest BCUT2D eigenvalue weighted by molar-refractivity contribution is -0.135. The van der Waals surface area contributed by atoms with Crippen molar-refractivity contribution in [3.05, 3.63) is 34.6 Å². The van der Waals surface area contributed by atoms with Crippen molar-refractivity contribution in [1.82, 2.24) is 10.3 Å². The predicted octanol–water partition coefficient (Wildman–Crippen LogP) is 1.42. The highest BCUT2D eigenvalue weighted by molar-refractivity contribution is 7.71. The molecular formula is C12H10N2O4S. The van der Waals surface area contributed by atoms with E-state index in [2.05, 4.69) is 10.3 Å². The first-order valence-electron chi connectivity index (χ1n) is 5.34. The minimum atomic E-state index is -1.17. The summed E-state index contributed by atoms with van der Waals surface area (Å²) in [6.07, 6.45) is 0. The zero-order valence-electron chi connectivity index (χ0n) is 9.64. The Morgan fingerprint density at radius 2 is 1.89 bits per heavy atom. The highest BCUT2D eigenvalue weighted by atomic mass is 32.1. The van der Waals surface area contributed by atoms with E-state index in [-0.39, 0.29) is 11.4 Å². The van der Waals surface area contributed by atoms with Crippen LogP contribution in [-0.4, -0.2) is 33.6 Å². The Kier molecular flexibility index (Phi) is 3.48. The first-order chi connectivity index (χ1) is 9.00. The van der Waals surface area contributed by atoms with Crippen LogP contribution in [0, 0.1) is 4.64 Å². The maximum Gasteiger partial charge on any atom is 0.322 e. The van der Waals surface area contributed by atoms with Gasteiger partial charge < -0.3 is 20.5 Å². The highest BCUT2D eigenvalue weighted by Crippen LogP contribution is 2.27. The van der Waals surface area contributed by atoms with Gasteiger partial charge in [-0.1, -0.05) is 36.5 Å². The Hall–Kier alpha value is -2.41. The van der Waals surface area contributed by atoms with Crippen LogP contribution >= 0.6 is 12.2 Å². The molecule has 1 amide bonds. The summed E-state index contributed by atoms with van der Waals surface area (Å²) in [5, 5.41) is 21.7. The lowest BCUT2D eigenvalue weighted by Gasteiger charge is -2.08. The molecule has 0 spiro atoms. The van der Waals surface area contributed by atoms with Gasteiger partial charge in [0.15, 0.2) is 5.75 Å². The third-order valence-electron chi connectivity index (χ3n) is 2.53. The van der Waals surface area contributed by atoms with E-state index in [1.165, 1.54) is 0 Å². The molecule has 2 rings (SSSR count). The zero-order chi connectivity index (χ0) is 14.0. The van der Waals surface area contributed by atoms with Crippen LogP contribution in [0.5, 0.6) is 5.75 Å². The standard InChI is InChI=1S/C12H10N2O4S/c15-8(16)5-13-11(18)9-10(17)6-3-1-2-4-7(6)12(19)14-9/h1-4,17H,5H2,(H,13,18)(H,14,19)(H,15,16). The molecule has 19 heavy (non-hydrogen) atoms. The van der Waals surface area contributed by atoms with Crippen LogP contribution in [0.1, 0.15) is 10.5 Å². The van der Waals surface area contributed by atoms with Gasteiger partial charge in [-0.15, -0.1) is 0 Å². The predicted molar refractivity (Wildman–Crippen MR) is 70.8 cm³/mol. The summed E-state index contributed by atoms with van der Waals surface area (Å²) in [7, 11) is 0. The summed E-state index contributed by atoms with van der Waals surface area (Å²) in [5.41, 5.74) is -0.148. The van der Waals surface area contributed by atoms with Crippen LogP contribution < -0.4 is 5.32 Å². The number of H-pyrrole nitrogens is 1. The van der Waals surface area contributed by atoms with Crippen LogP contribution in [0.2, 0.25) is 0 Å². The lowest BCUT2D eigenvalue weighted by Crippen LogP contribution is -2.30. The normalized spacial score (nSPS) is 10.3. The van der Waals surface area contributed by atoms with Gasteiger partial charge >= 0.3 is 5.97 Å². The number of aliphatic carboxylic acids is 1. The topological polar surface area (TPSA) is 102 Å². The van der Waals surface area contributed by atoms with Crippen molar-refractivity contribution in [2.45, 2.75) is 0 Å². The van der Waals surface area contributed by atoms with E-state index >= 15 is 0 Å². The number of amides is 1. The molecule has 0 fully saturated rings. The van der Waals surface area contributed by atoms with Crippen LogP contribution in [0.4, 0.5) is 0 Å². The summed E-state index contributed by atoms with van der Waals surface area (Å²) in [6.45, 7) is -0.536. The van der Waals surface area contributed by atoms with Crippen molar-refractivity contribution in [3.63, 3.8) is 0 Å². The van der Waals surface area contributed by atoms with Gasteiger partial charge in [0, 0.05) is 10.8 Å². The number of carboxylic acid groups (broad SMARTS) is 1. The number of aromatic nitrogens is 1. The van der Waals surface area contributed by atoms with Gasteiger partial charge in [-0.05, 0) is 0 Å². The molecule has 6 nitrogen and oxygen atoms in total. The van der Waals surface area contributed by atoms with Crippen molar-refractivity contribution in [1.29, 1.82) is 0 Å². The van der Waals surface area contributed by atoms with Crippen molar-refractivity contribution >= 4 is 34.9 Å². The van der Waals surface area contributed by atoms with E-state index in [1.54, 1.807) is 24.3 Å². The number of carbonyl (C=O) groups excluding carboxylic acids is 1. The van der Waals surface area contributed by atoms with Gasteiger partial charge in [-0.3, -0.25) is 9.59 Å². The van der Waals surface area contributed by atoms with E-state index in [4.69, 9.17) is 17.3 Å². The fourth-order valence-corrected chi connectivity index (χ4v) is 1.95. The Bertz CT molecular complexity index is 723. The molecule has 0 unspecified atom stereocenters. The molecule has 7 heteroatoms. The van der Waals surface area contributed by atoms with Crippen molar-refractivity contribution < 1.29 is 19.8 Å². The van der Waals surface area contributed by atoms with Crippen LogP contribution in [0.3, 0.4) is 0 Å². The molecule has 0 saturated heterocycles. The summed E-state index contributed by atoms with van der Waals surface area (Å²) < 4.78 is 0.300. The van der Waals surface area contributed by atoms with E-state index in [9.17, 15) is 14.7 Å². The number of aromatic hydroxyl groups is 1. The summed E-state index contributed by atoms with van der Waals surface area (Å²) in [5.74, 6) is -2.16. The second-order valence-electron chi connectivity index (χ2n) is 3.80. The molecule has 1 heterocycles. The Labute approximate surface area is 112 Å². The molecule has 0 aliphatic heterocycles. The number of hydrogen-bond donors (Lipinski definition) is 4. The van der Waals surface area contributed by atoms with Gasteiger partial charge in [0.05, 0.1) is 0 Å². The second kappa shape index (κ2) is 5.07. The lowest BCUT2D eigenvalue weighted by atomic mass is 10.1. The van der Waals surface area contributed by atoms with Gasteiger partial charge in [0.25, 0.3) is 5.91 Å². The quantitative estimate of drug-likeness (QED) is 0.636. The van der Waals surface area contributed by atoms with Crippen LogP contribution in [-0.2, 0) is 4.79 Å². The molecule has 0 aliphatic carbocycles. The molecule has 4 N–H and O–H groups in total. The van der Waals surface area contributed by atoms with Crippen molar-refractivity contribution in [2.24, 2.45) is 0 Å². The molecule has 2 aromatic rings. The van der Waals surface area contributed by atoms with Crippen molar-refractivity contribution in [3.8, 4) is 5.75 Å². The van der Waals surface area contributed by atoms with E-state index in [0.717, 1.165) is 0 Å². The van der Waals surface area contributed by atoms with Gasteiger partial charge in [0.2, 0.25) is 0 Å². The second-order valence-corrected chi connectivity index (χ2v) is 4.21. The van der Waals surface area contributed by atoms with Crippen LogP contribution in [0.25, 0.3) is 10.8 Å². The molecule has 1 aromatic carbocycles. The summed E-state index contributed by atoms with van der Waals surface area (Å²) in [4.78, 5) is 24.7. The largest absolute Gasteiger partial charge is 0.505 e. The number of carbonyl (C=O) groups is 2. The minimum absolute atomic E-state index is 0.148. The number of nitrogens with one attached hydrogen (secondary N) is 2. The minimum Gasteiger partial charge on any atom is -0.505 e. The Morgan fingerprint density at radius 1 is 1.26 bits per heavy atom. The number of benzene rings is 1. The average molecular weight is 278 g/mol. The number of aromatic amines is 1. The van der Waals surface area contributed by atoms with Gasteiger partial charge in [-0.2, -0.15) is 0 Å². The maximum absolute atomic E-state index is 11.8. The summed E-state index contributed by atoms with van der Waals surface area (Å²) in [6, 6.07) is 6.81. The molecule has 1 aromatic heterocycles. The number of pyridine rings is 1. The monoisotopic (exact) mass is 278 g/mol. The fourth-order valence-electron chi connectivity index (χ4n) is 1.67. The SMILES string of the molecule is O=C(O)CNC(=O)c1[nH]c(=S)c2ccccc2c1O. The third kappa shape index (κ3) is 2.55. The van der Waals surface area contributed by atoms with E-state index in [0.29, 0.717) is 15.4 Å². The molecular weight excluding hydrogens is 268 g/mol. The average Bonchev–Trinajstić information content (AvgIpc) is 2.40. The zero-order valence-corrected chi connectivity index (χ0v) is 10.5. The van der Waals surface area contributed by atoms with Crippen LogP contribution in [0.15, 0.2) is 24.3 Å². The summed E-state index contributed by atoms with van der Waals surface area (Å²) >= 11 is 5.09. The van der Waals surface area contributed by atoms with Crippen molar-refractivity contribution in [2.75, 3.05) is 6.54 Å². The number of fused-ring (bicyclic) bond motifs is 1. The molecule has 0 saturated carbocycles. The fraction of sp³-hybridized carbons (Fsp3) is 0.0833. The number of carboxylic acids is 1. The first kappa shape index (κ1) is 13.0. The molecule has 0 radical (unpaired) electrons. The smallest absolute Gasteiger partial charge is 0.322 e. The van der Waals surface area contributed by atoms with E-state index in [1.807, 2.05) is 0 Å². The maximum atomic E-state index is 11.8. The van der Waals surface area contributed by atoms with Gasteiger partial charge in [0.1, 0.15) is 16.9 Å².